The molecule has 20 heavy (non-hydrogen) atoms. The molecule has 0 radical (unpaired) electrons. The van der Waals surface area contributed by atoms with Gasteiger partial charge in [-0.25, -0.2) is 8.42 Å². The average Bonchev–Trinajstić information content (AvgIpc) is 2.78. The monoisotopic (exact) mass is 339 g/mol. The Morgan fingerprint density at radius 3 is 2.95 bits per heavy atom. The van der Waals surface area contributed by atoms with Gasteiger partial charge in [-0.2, -0.15) is 4.31 Å². The zero-order valence-corrected chi connectivity index (χ0v) is 13.0. The summed E-state index contributed by atoms with van der Waals surface area (Å²) in [6.45, 7) is 2.15. The molecule has 0 saturated carbocycles. The van der Waals surface area contributed by atoms with Crippen LogP contribution in [0.3, 0.4) is 0 Å². The van der Waals surface area contributed by atoms with E-state index in [2.05, 4.69) is 5.16 Å². The molecule has 10 heteroatoms. The number of amidine groups is 1. The molecule has 0 spiro atoms. The van der Waals surface area contributed by atoms with E-state index in [0.717, 1.165) is 16.9 Å². The average molecular weight is 340 g/mol. The van der Waals surface area contributed by atoms with E-state index in [-0.39, 0.29) is 29.7 Å². The number of hydrogen-bond acceptors (Lipinski definition) is 6. The van der Waals surface area contributed by atoms with Gasteiger partial charge in [0, 0.05) is 13.1 Å². The molecule has 1 fully saturated rings. The third-order valence-electron chi connectivity index (χ3n) is 2.90. The second kappa shape index (κ2) is 5.86. The Labute approximate surface area is 125 Å². The maximum Gasteiger partial charge on any atom is 0.252 e. The SMILES string of the molecule is Cc1cc(S(=O)(=O)N2CCOC(/C(N)=N/O)C2)sc1Cl. The number of hydrogen-bond donors (Lipinski definition) is 2. The first-order chi connectivity index (χ1) is 9.36. The lowest BCUT2D eigenvalue weighted by Crippen LogP contribution is -2.50. The molecular weight excluding hydrogens is 326 g/mol. The van der Waals surface area contributed by atoms with Crippen LogP contribution in [0.25, 0.3) is 0 Å². The zero-order chi connectivity index (χ0) is 14.9. The summed E-state index contributed by atoms with van der Waals surface area (Å²) >= 11 is 6.93. The van der Waals surface area contributed by atoms with Gasteiger partial charge in [0.2, 0.25) is 0 Å². The number of ether oxygens (including phenoxy) is 1. The van der Waals surface area contributed by atoms with Gasteiger partial charge in [-0.3, -0.25) is 0 Å². The molecule has 1 unspecified atom stereocenters. The largest absolute Gasteiger partial charge is 0.409 e. The minimum atomic E-state index is -3.64. The molecule has 1 aliphatic heterocycles. The quantitative estimate of drug-likeness (QED) is 0.367. The van der Waals surface area contributed by atoms with Crippen molar-refractivity contribution < 1.29 is 18.4 Å². The van der Waals surface area contributed by atoms with Gasteiger partial charge in [0.1, 0.15) is 10.3 Å². The number of sulfonamides is 1. The fourth-order valence-corrected chi connectivity index (χ4v) is 5.06. The molecule has 1 saturated heterocycles. The highest BCUT2D eigenvalue weighted by atomic mass is 35.5. The molecule has 7 nitrogen and oxygen atoms in total. The van der Waals surface area contributed by atoms with Crippen LogP contribution < -0.4 is 5.73 Å². The Hall–Kier alpha value is -0.870. The lowest BCUT2D eigenvalue weighted by Gasteiger charge is -2.30. The van der Waals surface area contributed by atoms with Gasteiger partial charge < -0.3 is 15.7 Å². The molecule has 3 N–H and O–H groups in total. The number of morpholine rings is 1. The Bertz CT molecular complexity index is 609. The van der Waals surface area contributed by atoms with E-state index in [0.29, 0.717) is 4.34 Å². The second-order valence-corrected chi connectivity index (χ2v) is 8.09. The van der Waals surface area contributed by atoms with Gasteiger partial charge in [-0.05, 0) is 18.6 Å². The van der Waals surface area contributed by atoms with Crippen LogP contribution in [-0.4, -0.2) is 49.6 Å². The Kier molecular flexibility index (Phi) is 4.55. The summed E-state index contributed by atoms with van der Waals surface area (Å²) in [5.74, 6) is -0.148. The molecule has 2 rings (SSSR count). The van der Waals surface area contributed by atoms with Crippen molar-refractivity contribution >= 4 is 38.8 Å². The molecule has 112 valence electrons. The summed E-state index contributed by atoms with van der Waals surface area (Å²) in [6.07, 6.45) is -0.750. The smallest absolute Gasteiger partial charge is 0.252 e. The Morgan fingerprint density at radius 2 is 2.40 bits per heavy atom. The van der Waals surface area contributed by atoms with Crippen LogP contribution in [0.5, 0.6) is 0 Å². The van der Waals surface area contributed by atoms with Crippen LogP contribution in [0.15, 0.2) is 15.4 Å². The van der Waals surface area contributed by atoms with Crippen LogP contribution in [0, 0.1) is 6.92 Å². The zero-order valence-electron chi connectivity index (χ0n) is 10.6. The molecule has 1 aromatic rings. The van der Waals surface area contributed by atoms with Crippen molar-refractivity contribution in [1.82, 2.24) is 4.31 Å². The van der Waals surface area contributed by atoms with Crippen molar-refractivity contribution in [2.45, 2.75) is 17.2 Å². The van der Waals surface area contributed by atoms with Crippen LogP contribution in [0.4, 0.5) is 0 Å². The van der Waals surface area contributed by atoms with Crippen LogP contribution in [0.1, 0.15) is 5.56 Å². The summed E-state index contributed by atoms with van der Waals surface area (Å²) in [5, 5.41) is 11.5. The Balaban J connectivity index is 2.25. The minimum Gasteiger partial charge on any atom is -0.409 e. The predicted octanol–water partition coefficient (Wildman–Crippen LogP) is 0.846. The number of oxime groups is 1. The number of halogens is 1. The van der Waals surface area contributed by atoms with E-state index in [1.807, 2.05) is 0 Å². The number of nitrogens with zero attached hydrogens (tertiary/aromatic N) is 2. The first kappa shape index (κ1) is 15.5. The maximum atomic E-state index is 12.5. The molecule has 0 aromatic carbocycles. The summed E-state index contributed by atoms with van der Waals surface area (Å²) in [6, 6.07) is 1.54. The van der Waals surface area contributed by atoms with Crippen molar-refractivity contribution in [1.29, 1.82) is 0 Å². The molecule has 1 aliphatic rings. The topological polar surface area (TPSA) is 105 Å². The van der Waals surface area contributed by atoms with E-state index in [1.165, 1.54) is 10.4 Å². The highest BCUT2D eigenvalue weighted by Crippen LogP contribution is 2.32. The van der Waals surface area contributed by atoms with Crippen LogP contribution >= 0.6 is 22.9 Å². The standard InChI is InChI=1S/C10H14ClN3O4S2/c1-6-4-8(19-9(6)11)20(16,17)14-2-3-18-7(5-14)10(12)13-15/h4,7,15H,2-3,5H2,1H3,(H2,12,13). The maximum absolute atomic E-state index is 12.5. The third kappa shape index (κ3) is 2.91. The van der Waals surface area contributed by atoms with Crippen molar-refractivity contribution in [3.63, 3.8) is 0 Å². The van der Waals surface area contributed by atoms with E-state index in [4.69, 9.17) is 27.3 Å². The van der Waals surface area contributed by atoms with E-state index in [9.17, 15) is 8.42 Å². The number of thiophene rings is 1. The fourth-order valence-electron chi connectivity index (χ4n) is 1.77. The van der Waals surface area contributed by atoms with Gasteiger partial charge in [0.15, 0.2) is 5.84 Å². The van der Waals surface area contributed by atoms with Crippen molar-refractivity contribution in [3.8, 4) is 0 Å². The van der Waals surface area contributed by atoms with Crippen molar-refractivity contribution in [2.24, 2.45) is 10.9 Å². The molecule has 1 atom stereocenters. The normalized spacial score (nSPS) is 22.1. The third-order valence-corrected chi connectivity index (χ3v) is 6.77. The van der Waals surface area contributed by atoms with Gasteiger partial charge >= 0.3 is 0 Å². The van der Waals surface area contributed by atoms with Crippen LogP contribution in [0.2, 0.25) is 4.34 Å². The summed E-state index contributed by atoms with van der Waals surface area (Å²) < 4.78 is 32.1. The van der Waals surface area contributed by atoms with Crippen molar-refractivity contribution in [3.05, 3.63) is 16.0 Å². The molecule has 0 amide bonds. The second-order valence-electron chi connectivity index (χ2n) is 4.27. The van der Waals surface area contributed by atoms with Crippen molar-refractivity contribution in [2.75, 3.05) is 19.7 Å². The first-order valence-corrected chi connectivity index (χ1v) is 8.35. The molecule has 0 aliphatic carbocycles. The minimum absolute atomic E-state index is 0.00674. The Morgan fingerprint density at radius 1 is 1.70 bits per heavy atom. The number of nitrogens with two attached hydrogens (primary N) is 1. The summed E-state index contributed by atoms with van der Waals surface area (Å²) in [4.78, 5) is 0. The van der Waals surface area contributed by atoms with Gasteiger partial charge in [0.25, 0.3) is 10.0 Å². The number of rotatable bonds is 3. The highest BCUT2D eigenvalue weighted by molar-refractivity contribution is 7.91. The highest BCUT2D eigenvalue weighted by Gasteiger charge is 2.33. The number of aryl methyl sites for hydroxylation is 1. The summed E-state index contributed by atoms with van der Waals surface area (Å²) in [7, 11) is -3.64. The van der Waals surface area contributed by atoms with Gasteiger partial charge in [-0.15, -0.1) is 11.3 Å². The molecule has 2 heterocycles. The lowest BCUT2D eigenvalue weighted by molar-refractivity contribution is 0.0355. The van der Waals surface area contributed by atoms with Gasteiger partial charge in [0.05, 0.1) is 10.9 Å². The van der Waals surface area contributed by atoms with E-state index >= 15 is 0 Å². The van der Waals surface area contributed by atoms with Crippen LogP contribution in [-0.2, 0) is 14.8 Å². The summed E-state index contributed by atoms with van der Waals surface area (Å²) in [5.41, 5.74) is 6.17. The lowest BCUT2D eigenvalue weighted by atomic mass is 10.3. The molecule has 0 bridgehead atoms. The van der Waals surface area contributed by atoms with E-state index < -0.39 is 16.1 Å². The van der Waals surface area contributed by atoms with E-state index in [1.54, 1.807) is 6.92 Å². The fraction of sp³-hybridized carbons (Fsp3) is 0.500. The molecular formula is C10H14ClN3O4S2. The predicted molar refractivity (Wildman–Crippen MR) is 76.0 cm³/mol. The van der Waals surface area contributed by atoms with Gasteiger partial charge in [-0.1, -0.05) is 16.8 Å². The first-order valence-electron chi connectivity index (χ1n) is 5.71. The molecule has 1 aromatic heterocycles.